The molecule has 26 heavy (non-hydrogen) atoms. The minimum Gasteiger partial charge on any atom is -0.382 e. The zero-order valence-electron chi connectivity index (χ0n) is 16.4. The van der Waals surface area contributed by atoms with Crippen molar-refractivity contribution in [1.82, 2.24) is 9.55 Å². The molecule has 0 radical (unpaired) electrons. The zero-order valence-corrected chi connectivity index (χ0v) is 17.4. The predicted molar refractivity (Wildman–Crippen MR) is 110 cm³/mol. The highest BCUT2D eigenvalue weighted by Gasteiger charge is 2.17. The van der Waals surface area contributed by atoms with Gasteiger partial charge in [-0.25, -0.2) is 4.98 Å². The summed E-state index contributed by atoms with van der Waals surface area (Å²) in [6.45, 7) is 8.29. The first-order valence-corrected chi connectivity index (χ1v) is 13.6. The maximum Gasteiger partial charge on any atom is 0.144 e. The Morgan fingerprint density at radius 2 is 2.04 bits per heavy atom. The van der Waals surface area contributed by atoms with E-state index in [0.717, 1.165) is 35.1 Å². The number of ether oxygens (including phenoxy) is 1. The molecule has 0 unspecified atom stereocenters. The van der Waals surface area contributed by atoms with Gasteiger partial charge in [0.2, 0.25) is 0 Å². The van der Waals surface area contributed by atoms with Gasteiger partial charge in [-0.2, -0.15) is 0 Å². The molecule has 1 fully saturated rings. The first kappa shape index (κ1) is 19.4. The highest BCUT2D eigenvalue weighted by atomic mass is 28.3. The Bertz CT molecular complexity index is 718. The molecule has 6 heteroatoms. The summed E-state index contributed by atoms with van der Waals surface area (Å²) in [6.07, 6.45) is 8.26. The van der Waals surface area contributed by atoms with Crippen LogP contribution in [0.5, 0.6) is 0 Å². The molecule has 3 rings (SSSR count). The SMILES string of the molecule is C[Si](C)(C)CCOCc1cc2c(NC3CCCCC3)ccnc2n1CO. The van der Waals surface area contributed by atoms with Crippen molar-refractivity contribution in [3.8, 4) is 0 Å². The van der Waals surface area contributed by atoms with E-state index in [0.29, 0.717) is 12.6 Å². The maximum absolute atomic E-state index is 9.86. The molecule has 0 aliphatic heterocycles. The quantitative estimate of drug-likeness (QED) is 0.523. The van der Waals surface area contributed by atoms with Gasteiger partial charge < -0.3 is 19.7 Å². The van der Waals surface area contributed by atoms with Gasteiger partial charge in [-0.3, -0.25) is 0 Å². The van der Waals surface area contributed by atoms with Crippen LogP contribution in [0.25, 0.3) is 11.0 Å². The third-order valence-electron chi connectivity index (χ3n) is 5.23. The van der Waals surface area contributed by atoms with E-state index >= 15 is 0 Å². The summed E-state index contributed by atoms with van der Waals surface area (Å²) >= 11 is 0. The largest absolute Gasteiger partial charge is 0.382 e. The van der Waals surface area contributed by atoms with Gasteiger partial charge in [-0.05, 0) is 31.0 Å². The lowest BCUT2D eigenvalue weighted by atomic mass is 9.95. The number of nitrogens with one attached hydrogen (secondary N) is 1. The van der Waals surface area contributed by atoms with E-state index in [2.05, 4.69) is 42.1 Å². The second-order valence-corrected chi connectivity index (χ2v) is 14.3. The molecule has 0 saturated heterocycles. The minimum absolute atomic E-state index is 0.0733. The van der Waals surface area contributed by atoms with E-state index in [1.54, 1.807) is 0 Å². The molecule has 0 amide bonds. The fourth-order valence-corrected chi connectivity index (χ4v) is 4.38. The fourth-order valence-electron chi connectivity index (χ4n) is 3.63. The van der Waals surface area contributed by atoms with Gasteiger partial charge in [-0.15, -0.1) is 0 Å². The summed E-state index contributed by atoms with van der Waals surface area (Å²) < 4.78 is 7.77. The molecular weight excluding hydrogens is 342 g/mol. The number of anilines is 1. The van der Waals surface area contributed by atoms with Gasteiger partial charge in [0, 0.05) is 43.7 Å². The summed E-state index contributed by atoms with van der Waals surface area (Å²) in [5.41, 5.74) is 2.94. The lowest BCUT2D eigenvalue weighted by Crippen LogP contribution is -2.22. The average Bonchev–Trinajstić information content (AvgIpc) is 2.97. The molecule has 0 aromatic carbocycles. The lowest BCUT2D eigenvalue weighted by Gasteiger charge is -2.24. The van der Waals surface area contributed by atoms with E-state index in [9.17, 15) is 5.11 Å². The topological polar surface area (TPSA) is 59.3 Å². The summed E-state index contributed by atoms with van der Waals surface area (Å²) in [7, 11) is -1.09. The predicted octanol–water partition coefficient (Wildman–Crippen LogP) is 4.59. The monoisotopic (exact) mass is 375 g/mol. The first-order chi connectivity index (χ1) is 12.5. The molecule has 144 valence electrons. The van der Waals surface area contributed by atoms with Gasteiger partial charge in [0.05, 0.1) is 6.61 Å². The third kappa shape index (κ3) is 4.87. The van der Waals surface area contributed by atoms with Crippen LogP contribution in [0.3, 0.4) is 0 Å². The molecule has 2 aromatic rings. The molecule has 1 saturated carbocycles. The molecule has 0 bridgehead atoms. The van der Waals surface area contributed by atoms with Crippen molar-refractivity contribution in [3.05, 3.63) is 24.0 Å². The molecule has 1 aliphatic carbocycles. The zero-order chi connectivity index (χ0) is 18.6. The molecule has 0 atom stereocenters. The summed E-state index contributed by atoms with van der Waals surface area (Å²) in [5.74, 6) is 0. The van der Waals surface area contributed by atoms with Crippen molar-refractivity contribution in [2.24, 2.45) is 0 Å². The molecule has 5 nitrogen and oxygen atoms in total. The standard InChI is InChI=1S/C20H33N3O2Si/c1-26(2,3)12-11-25-14-17-13-18-19(22-16-7-5-4-6-8-16)9-10-21-20(18)23(17)15-24/h9-10,13,16,24H,4-8,11-12,14-15H2,1-3H3,(H,21,22). The van der Waals surface area contributed by atoms with Crippen molar-refractivity contribution in [2.75, 3.05) is 11.9 Å². The van der Waals surface area contributed by atoms with Crippen molar-refractivity contribution < 1.29 is 9.84 Å². The highest BCUT2D eigenvalue weighted by molar-refractivity contribution is 6.76. The molecule has 2 N–H and O–H groups in total. The van der Waals surface area contributed by atoms with E-state index < -0.39 is 8.07 Å². The van der Waals surface area contributed by atoms with Crippen molar-refractivity contribution in [1.29, 1.82) is 0 Å². The van der Waals surface area contributed by atoms with Crippen molar-refractivity contribution >= 4 is 24.8 Å². The Hall–Kier alpha value is -1.37. The summed E-state index contributed by atoms with van der Waals surface area (Å²) in [5, 5.41) is 14.6. The summed E-state index contributed by atoms with van der Waals surface area (Å²) in [6, 6.07) is 5.87. The Balaban J connectivity index is 1.75. The number of aliphatic hydroxyl groups excluding tert-OH is 1. The van der Waals surface area contributed by atoms with E-state index in [4.69, 9.17) is 4.74 Å². The smallest absolute Gasteiger partial charge is 0.144 e. The second-order valence-electron chi connectivity index (χ2n) is 8.64. The number of aromatic nitrogens is 2. The number of rotatable bonds is 8. The number of pyridine rings is 1. The van der Waals surface area contributed by atoms with E-state index in [-0.39, 0.29) is 6.73 Å². The van der Waals surface area contributed by atoms with Crippen LogP contribution >= 0.6 is 0 Å². The normalized spacial score (nSPS) is 16.3. The Morgan fingerprint density at radius 3 is 2.73 bits per heavy atom. The number of hydrogen-bond acceptors (Lipinski definition) is 4. The second kappa shape index (κ2) is 8.54. The Labute approximate surface area is 157 Å². The lowest BCUT2D eigenvalue weighted by molar-refractivity contribution is 0.120. The maximum atomic E-state index is 9.86. The number of hydrogen-bond donors (Lipinski definition) is 2. The summed E-state index contributed by atoms with van der Waals surface area (Å²) in [4.78, 5) is 4.51. The van der Waals surface area contributed by atoms with Crippen LogP contribution in [-0.2, 0) is 18.1 Å². The van der Waals surface area contributed by atoms with E-state index in [1.165, 1.54) is 32.1 Å². The van der Waals surface area contributed by atoms with Crippen LogP contribution in [0.2, 0.25) is 25.7 Å². The van der Waals surface area contributed by atoms with Crippen molar-refractivity contribution in [2.45, 2.75) is 77.2 Å². The average molecular weight is 376 g/mol. The van der Waals surface area contributed by atoms with Crippen LogP contribution in [0.4, 0.5) is 5.69 Å². The fraction of sp³-hybridized carbons (Fsp3) is 0.650. The molecule has 0 spiro atoms. The van der Waals surface area contributed by atoms with Gasteiger partial charge >= 0.3 is 0 Å². The van der Waals surface area contributed by atoms with Gasteiger partial charge in [0.1, 0.15) is 12.4 Å². The van der Waals surface area contributed by atoms with Gasteiger partial charge in [0.25, 0.3) is 0 Å². The van der Waals surface area contributed by atoms with Crippen LogP contribution in [0.15, 0.2) is 18.3 Å². The Kier molecular flexibility index (Phi) is 6.37. The molecule has 2 aromatic heterocycles. The highest BCUT2D eigenvalue weighted by Crippen LogP contribution is 2.29. The third-order valence-corrected chi connectivity index (χ3v) is 6.94. The number of nitrogens with zero attached hydrogens (tertiary/aromatic N) is 2. The molecule has 2 heterocycles. The van der Waals surface area contributed by atoms with Crippen LogP contribution in [0.1, 0.15) is 37.8 Å². The first-order valence-electron chi connectivity index (χ1n) is 9.90. The van der Waals surface area contributed by atoms with E-state index in [1.807, 2.05) is 10.8 Å². The molecule has 1 aliphatic rings. The van der Waals surface area contributed by atoms with Crippen LogP contribution in [-0.4, -0.2) is 35.4 Å². The molecular formula is C20H33N3O2Si. The van der Waals surface area contributed by atoms with Gasteiger partial charge in [0.15, 0.2) is 0 Å². The Morgan fingerprint density at radius 1 is 1.27 bits per heavy atom. The van der Waals surface area contributed by atoms with Crippen LogP contribution < -0.4 is 5.32 Å². The van der Waals surface area contributed by atoms with Gasteiger partial charge in [-0.1, -0.05) is 38.9 Å². The minimum atomic E-state index is -1.09. The number of aliphatic hydroxyl groups is 1. The van der Waals surface area contributed by atoms with Crippen LogP contribution in [0, 0.1) is 0 Å². The van der Waals surface area contributed by atoms with Crippen molar-refractivity contribution in [3.63, 3.8) is 0 Å². The number of fused-ring (bicyclic) bond motifs is 1.